The lowest BCUT2D eigenvalue weighted by molar-refractivity contribution is -0.154. The summed E-state index contributed by atoms with van der Waals surface area (Å²) in [5, 5.41) is 9.21. The molecule has 0 aromatic carbocycles. The summed E-state index contributed by atoms with van der Waals surface area (Å²) in [4.78, 5) is 38.6. The van der Waals surface area contributed by atoms with Gasteiger partial charge >= 0.3 is 5.97 Å². The fraction of sp³-hybridized carbons (Fsp3) is 0.800. The Labute approximate surface area is 125 Å². The topological polar surface area (TPSA) is 77.9 Å². The van der Waals surface area contributed by atoms with E-state index < -0.39 is 11.4 Å². The van der Waals surface area contributed by atoms with Crippen LogP contribution in [0.5, 0.6) is 0 Å². The van der Waals surface area contributed by atoms with Crippen molar-refractivity contribution in [3.63, 3.8) is 0 Å². The summed E-state index contributed by atoms with van der Waals surface area (Å²) < 4.78 is 0. The standard InChI is InChI=1S/C15H24N2O4/c1-11(18)16-7-3-12(4-8-16)13(19)17-9-5-15(2,6-10-17)14(20)21/h12H,3-10H2,1-2H3,(H,20,21). The fourth-order valence-electron chi connectivity index (χ4n) is 3.13. The Balaban J connectivity index is 1.86. The second kappa shape index (κ2) is 6.03. The maximum absolute atomic E-state index is 12.5. The zero-order valence-corrected chi connectivity index (χ0v) is 12.8. The van der Waals surface area contributed by atoms with Gasteiger partial charge in [-0.15, -0.1) is 0 Å². The number of amides is 2. The number of aliphatic carboxylic acids is 1. The second-order valence-corrected chi connectivity index (χ2v) is 6.47. The van der Waals surface area contributed by atoms with Crippen molar-refractivity contribution >= 4 is 17.8 Å². The fourth-order valence-corrected chi connectivity index (χ4v) is 3.13. The molecule has 0 bridgehead atoms. The summed E-state index contributed by atoms with van der Waals surface area (Å²) in [6.45, 7) is 5.64. The van der Waals surface area contributed by atoms with E-state index in [0.717, 1.165) is 0 Å². The zero-order chi connectivity index (χ0) is 15.6. The lowest BCUT2D eigenvalue weighted by Crippen LogP contribution is -2.49. The Morgan fingerprint density at radius 2 is 1.52 bits per heavy atom. The van der Waals surface area contributed by atoms with Gasteiger partial charge in [-0.3, -0.25) is 14.4 Å². The van der Waals surface area contributed by atoms with E-state index in [0.29, 0.717) is 51.9 Å². The highest BCUT2D eigenvalue weighted by Crippen LogP contribution is 2.32. The molecule has 0 radical (unpaired) electrons. The highest BCUT2D eigenvalue weighted by atomic mass is 16.4. The highest BCUT2D eigenvalue weighted by molar-refractivity contribution is 5.80. The van der Waals surface area contributed by atoms with Gasteiger partial charge in [-0.2, -0.15) is 0 Å². The zero-order valence-electron chi connectivity index (χ0n) is 12.8. The number of nitrogens with zero attached hydrogens (tertiary/aromatic N) is 2. The molecular formula is C15H24N2O4. The average Bonchev–Trinajstić information content (AvgIpc) is 2.47. The van der Waals surface area contributed by atoms with Crippen molar-refractivity contribution in [3.8, 4) is 0 Å². The monoisotopic (exact) mass is 296 g/mol. The lowest BCUT2D eigenvalue weighted by atomic mass is 9.80. The minimum atomic E-state index is -0.774. The first-order valence-electron chi connectivity index (χ1n) is 7.61. The largest absolute Gasteiger partial charge is 0.481 e. The molecular weight excluding hydrogens is 272 g/mol. The van der Waals surface area contributed by atoms with E-state index in [1.54, 1.807) is 23.6 Å². The third-order valence-corrected chi connectivity index (χ3v) is 4.98. The molecule has 2 saturated heterocycles. The van der Waals surface area contributed by atoms with Gasteiger partial charge in [-0.1, -0.05) is 0 Å². The van der Waals surface area contributed by atoms with Gasteiger partial charge in [0.05, 0.1) is 5.41 Å². The number of hydrogen-bond acceptors (Lipinski definition) is 3. The molecule has 2 aliphatic rings. The molecule has 0 aromatic heterocycles. The first kappa shape index (κ1) is 15.8. The molecule has 2 aliphatic heterocycles. The van der Waals surface area contributed by atoms with Crippen molar-refractivity contribution in [2.45, 2.75) is 39.5 Å². The van der Waals surface area contributed by atoms with Crippen molar-refractivity contribution < 1.29 is 19.5 Å². The van der Waals surface area contributed by atoms with E-state index in [9.17, 15) is 19.5 Å². The van der Waals surface area contributed by atoms with Crippen LogP contribution in [0.3, 0.4) is 0 Å². The number of carbonyl (C=O) groups is 3. The number of carboxylic acids is 1. The number of carboxylic acid groups (broad SMARTS) is 1. The van der Waals surface area contributed by atoms with E-state index in [1.165, 1.54) is 0 Å². The second-order valence-electron chi connectivity index (χ2n) is 6.47. The first-order valence-corrected chi connectivity index (χ1v) is 7.61. The number of rotatable bonds is 2. The number of piperidine rings is 2. The molecule has 2 rings (SSSR count). The SMILES string of the molecule is CC(=O)N1CCC(C(=O)N2CCC(C)(C(=O)O)CC2)CC1. The average molecular weight is 296 g/mol. The molecule has 6 nitrogen and oxygen atoms in total. The molecule has 0 atom stereocenters. The molecule has 0 unspecified atom stereocenters. The van der Waals surface area contributed by atoms with Crippen LogP contribution in [0, 0.1) is 11.3 Å². The summed E-state index contributed by atoms with van der Waals surface area (Å²) >= 11 is 0. The quantitative estimate of drug-likeness (QED) is 0.823. The smallest absolute Gasteiger partial charge is 0.309 e. The van der Waals surface area contributed by atoms with Crippen LogP contribution in [0.25, 0.3) is 0 Å². The summed E-state index contributed by atoms with van der Waals surface area (Å²) in [6.07, 6.45) is 2.46. The van der Waals surface area contributed by atoms with Crippen molar-refractivity contribution in [2.75, 3.05) is 26.2 Å². The Morgan fingerprint density at radius 1 is 1.00 bits per heavy atom. The third-order valence-electron chi connectivity index (χ3n) is 4.98. The number of likely N-dealkylation sites (tertiary alicyclic amines) is 2. The molecule has 2 heterocycles. The predicted molar refractivity (Wildman–Crippen MR) is 76.5 cm³/mol. The van der Waals surface area contributed by atoms with E-state index in [1.807, 2.05) is 0 Å². The summed E-state index contributed by atoms with van der Waals surface area (Å²) in [7, 11) is 0. The molecule has 0 aliphatic carbocycles. The first-order chi connectivity index (χ1) is 9.83. The van der Waals surface area contributed by atoms with Gasteiger partial charge < -0.3 is 14.9 Å². The van der Waals surface area contributed by atoms with Crippen molar-refractivity contribution in [1.82, 2.24) is 9.80 Å². The van der Waals surface area contributed by atoms with Crippen molar-refractivity contribution in [1.29, 1.82) is 0 Å². The van der Waals surface area contributed by atoms with E-state index in [-0.39, 0.29) is 17.7 Å². The third kappa shape index (κ3) is 3.36. The summed E-state index contributed by atoms with van der Waals surface area (Å²) in [5.74, 6) is -0.596. The minimum Gasteiger partial charge on any atom is -0.481 e. The van der Waals surface area contributed by atoms with Crippen LogP contribution in [0.15, 0.2) is 0 Å². The van der Waals surface area contributed by atoms with Crippen LogP contribution in [0.2, 0.25) is 0 Å². The molecule has 0 spiro atoms. The Bertz CT molecular complexity index is 433. The minimum absolute atomic E-state index is 0.0187. The highest BCUT2D eigenvalue weighted by Gasteiger charge is 2.39. The van der Waals surface area contributed by atoms with Gasteiger partial charge in [-0.05, 0) is 32.6 Å². The summed E-state index contributed by atoms with van der Waals surface area (Å²) in [6, 6.07) is 0. The van der Waals surface area contributed by atoms with Crippen LogP contribution in [-0.4, -0.2) is 58.9 Å². The van der Waals surface area contributed by atoms with Gasteiger partial charge in [-0.25, -0.2) is 0 Å². The molecule has 0 aromatic rings. The van der Waals surface area contributed by atoms with Crippen LogP contribution in [-0.2, 0) is 14.4 Å². The van der Waals surface area contributed by atoms with Gasteiger partial charge in [0.25, 0.3) is 0 Å². The normalized spacial score (nSPS) is 23.0. The van der Waals surface area contributed by atoms with Gasteiger partial charge in [0.1, 0.15) is 0 Å². The van der Waals surface area contributed by atoms with Crippen LogP contribution in [0.1, 0.15) is 39.5 Å². The van der Waals surface area contributed by atoms with E-state index in [4.69, 9.17) is 0 Å². The summed E-state index contributed by atoms with van der Waals surface area (Å²) in [5.41, 5.74) is -0.700. The molecule has 0 saturated carbocycles. The maximum atomic E-state index is 12.5. The Hall–Kier alpha value is -1.59. The predicted octanol–water partition coefficient (Wildman–Crippen LogP) is 0.958. The van der Waals surface area contributed by atoms with Crippen LogP contribution < -0.4 is 0 Å². The lowest BCUT2D eigenvalue weighted by Gasteiger charge is -2.39. The number of carbonyl (C=O) groups excluding carboxylic acids is 2. The van der Waals surface area contributed by atoms with Crippen LogP contribution in [0.4, 0.5) is 0 Å². The van der Waals surface area contributed by atoms with Gasteiger partial charge in [0.2, 0.25) is 11.8 Å². The molecule has 6 heteroatoms. The molecule has 1 N–H and O–H groups in total. The van der Waals surface area contributed by atoms with E-state index >= 15 is 0 Å². The van der Waals surface area contributed by atoms with Crippen molar-refractivity contribution in [3.05, 3.63) is 0 Å². The Kier molecular flexibility index (Phi) is 4.54. The van der Waals surface area contributed by atoms with Crippen molar-refractivity contribution in [2.24, 2.45) is 11.3 Å². The molecule has 118 valence electrons. The van der Waals surface area contributed by atoms with Crippen LogP contribution >= 0.6 is 0 Å². The maximum Gasteiger partial charge on any atom is 0.309 e. The Morgan fingerprint density at radius 3 is 1.95 bits per heavy atom. The van der Waals surface area contributed by atoms with Gasteiger partial charge in [0.15, 0.2) is 0 Å². The molecule has 2 amide bonds. The molecule has 2 fully saturated rings. The van der Waals surface area contributed by atoms with E-state index in [2.05, 4.69) is 0 Å². The van der Waals surface area contributed by atoms with Gasteiger partial charge in [0, 0.05) is 39.0 Å². The molecule has 21 heavy (non-hydrogen) atoms. The number of hydrogen-bond donors (Lipinski definition) is 1.